The lowest BCUT2D eigenvalue weighted by Gasteiger charge is -2.58. The second-order valence-corrected chi connectivity index (χ2v) is 7.75. The molecule has 0 aliphatic carbocycles. The Morgan fingerprint density at radius 2 is 1.37 bits per heavy atom. The molecule has 5 heteroatoms. The zero-order valence-corrected chi connectivity index (χ0v) is 12.7. The summed E-state index contributed by atoms with van der Waals surface area (Å²) in [5.41, 5.74) is -1.14. The van der Waals surface area contributed by atoms with E-state index in [0.717, 1.165) is 0 Å². The van der Waals surface area contributed by atoms with Crippen molar-refractivity contribution in [2.45, 2.75) is 64.3 Å². The molecule has 2 aliphatic heterocycles. The summed E-state index contributed by atoms with van der Waals surface area (Å²) in [6, 6.07) is 0. The van der Waals surface area contributed by atoms with Gasteiger partial charge in [0.2, 0.25) is 0 Å². The van der Waals surface area contributed by atoms with Gasteiger partial charge in [0.15, 0.2) is 5.79 Å². The number of rotatable bonds is 1. The first-order valence-corrected chi connectivity index (χ1v) is 6.92. The van der Waals surface area contributed by atoms with Crippen molar-refractivity contribution in [1.82, 2.24) is 5.06 Å². The van der Waals surface area contributed by atoms with Crippen molar-refractivity contribution in [3.8, 4) is 0 Å². The number of aliphatic hydroxyl groups is 1. The van der Waals surface area contributed by atoms with E-state index in [1.807, 2.05) is 34.6 Å². The Morgan fingerprint density at radius 3 is 1.74 bits per heavy atom. The van der Waals surface area contributed by atoms with Gasteiger partial charge in [-0.05, 0) is 27.7 Å². The Bertz CT molecular complexity index is 325. The molecule has 2 saturated heterocycles. The van der Waals surface area contributed by atoms with Crippen molar-refractivity contribution in [2.75, 3.05) is 19.8 Å². The summed E-state index contributed by atoms with van der Waals surface area (Å²) in [6.45, 7) is 10.9. The topological polar surface area (TPSA) is 62.2 Å². The van der Waals surface area contributed by atoms with Crippen molar-refractivity contribution in [3.63, 3.8) is 0 Å². The van der Waals surface area contributed by atoms with Crippen LogP contribution in [0.25, 0.3) is 0 Å². The molecule has 0 unspecified atom stereocenters. The number of hydroxylamine groups is 2. The number of nitrogens with zero attached hydrogens (tertiary/aromatic N) is 1. The van der Waals surface area contributed by atoms with Crippen LogP contribution in [0.2, 0.25) is 0 Å². The average Bonchev–Trinajstić information content (AvgIpc) is 2.30. The Morgan fingerprint density at radius 1 is 0.947 bits per heavy atom. The summed E-state index contributed by atoms with van der Waals surface area (Å²) < 4.78 is 12.0. The molecule has 2 rings (SSSR count). The summed E-state index contributed by atoms with van der Waals surface area (Å²) in [7, 11) is 0. The molecule has 5 nitrogen and oxygen atoms in total. The number of ether oxygens (including phenoxy) is 2. The van der Waals surface area contributed by atoms with Crippen LogP contribution in [-0.4, -0.2) is 52.1 Å². The quantitative estimate of drug-likeness (QED) is 0.762. The second kappa shape index (κ2) is 4.40. The van der Waals surface area contributed by atoms with Gasteiger partial charge in [0.05, 0.1) is 19.8 Å². The molecule has 19 heavy (non-hydrogen) atoms. The van der Waals surface area contributed by atoms with Gasteiger partial charge in [-0.2, -0.15) is 5.06 Å². The zero-order chi connectivity index (χ0) is 14.5. The van der Waals surface area contributed by atoms with Crippen LogP contribution in [-0.2, 0) is 9.47 Å². The summed E-state index contributed by atoms with van der Waals surface area (Å²) in [6.07, 6.45) is 1.23. The van der Waals surface area contributed by atoms with Crippen LogP contribution in [0.3, 0.4) is 0 Å². The summed E-state index contributed by atoms with van der Waals surface area (Å²) in [5.74, 6) is -0.652. The summed E-state index contributed by atoms with van der Waals surface area (Å²) >= 11 is 0. The molecule has 0 aromatic heterocycles. The summed E-state index contributed by atoms with van der Waals surface area (Å²) in [4.78, 5) is 0. The average molecular weight is 273 g/mol. The molecule has 112 valence electrons. The molecule has 1 spiro atoms. The minimum Gasteiger partial charge on any atom is -0.396 e. The number of piperidine rings is 1. The van der Waals surface area contributed by atoms with Gasteiger partial charge >= 0.3 is 0 Å². The fourth-order valence-corrected chi connectivity index (χ4v) is 3.34. The SMILES string of the molecule is CC1(CO)COC2(CC(C)(C)N(O)C(C)(C)C2)OC1. The zero-order valence-electron chi connectivity index (χ0n) is 12.7. The first kappa shape index (κ1) is 15.2. The highest BCUT2D eigenvalue weighted by molar-refractivity contribution is 5.02. The van der Waals surface area contributed by atoms with E-state index < -0.39 is 16.9 Å². The third kappa shape index (κ3) is 2.67. The molecule has 2 N–H and O–H groups in total. The van der Waals surface area contributed by atoms with Crippen molar-refractivity contribution in [3.05, 3.63) is 0 Å². The molecule has 0 saturated carbocycles. The van der Waals surface area contributed by atoms with Crippen LogP contribution in [0.1, 0.15) is 47.5 Å². The van der Waals surface area contributed by atoms with Gasteiger partial charge in [0, 0.05) is 29.3 Å². The van der Waals surface area contributed by atoms with Crippen LogP contribution in [0.15, 0.2) is 0 Å². The molecular weight excluding hydrogens is 246 g/mol. The standard InChI is InChI=1S/C14H27NO4/c1-11(2)6-14(7-12(3,4)15(11)17)18-9-13(5,8-16)10-19-14/h16-17H,6-10H2,1-5H3. The molecule has 0 amide bonds. The van der Waals surface area contributed by atoms with E-state index in [0.29, 0.717) is 26.1 Å². The number of hydrogen-bond acceptors (Lipinski definition) is 5. The molecule has 2 heterocycles. The van der Waals surface area contributed by atoms with E-state index in [4.69, 9.17) is 9.47 Å². The van der Waals surface area contributed by atoms with Gasteiger partial charge in [-0.1, -0.05) is 6.92 Å². The third-order valence-electron chi connectivity index (χ3n) is 4.30. The highest BCUT2D eigenvalue weighted by atomic mass is 16.7. The van der Waals surface area contributed by atoms with E-state index in [2.05, 4.69) is 0 Å². The molecule has 0 aromatic rings. The Hall–Kier alpha value is -0.200. The molecular formula is C14H27NO4. The molecule has 2 fully saturated rings. The van der Waals surface area contributed by atoms with Gasteiger partial charge in [0.1, 0.15) is 0 Å². The smallest absolute Gasteiger partial charge is 0.171 e. The number of aliphatic hydroxyl groups excluding tert-OH is 1. The molecule has 0 radical (unpaired) electrons. The second-order valence-electron chi connectivity index (χ2n) is 7.75. The van der Waals surface area contributed by atoms with Crippen LogP contribution in [0.4, 0.5) is 0 Å². The molecule has 0 aromatic carbocycles. The minimum atomic E-state index is -0.652. The van der Waals surface area contributed by atoms with E-state index in [9.17, 15) is 10.3 Å². The van der Waals surface area contributed by atoms with Gasteiger partial charge in [-0.15, -0.1) is 0 Å². The van der Waals surface area contributed by atoms with E-state index in [1.54, 1.807) is 0 Å². The van der Waals surface area contributed by atoms with E-state index in [1.165, 1.54) is 5.06 Å². The lowest BCUT2D eigenvalue weighted by Crippen LogP contribution is -2.67. The van der Waals surface area contributed by atoms with Gasteiger partial charge in [0.25, 0.3) is 0 Å². The van der Waals surface area contributed by atoms with Crippen LogP contribution >= 0.6 is 0 Å². The van der Waals surface area contributed by atoms with Crippen LogP contribution in [0, 0.1) is 5.41 Å². The van der Waals surface area contributed by atoms with Crippen molar-refractivity contribution in [1.29, 1.82) is 0 Å². The maximum atomic E-state index is 10.3. The lowest BCUT2D eigenvalue weighted by atomic mass is 9.77. The third-order valence-corrected chi connectivity index (χ3v) is 4.30. The van der Waals surface area contributed by atoms with E-state index >= 15 is 0 Å². The first-order chi connectivity index (χ1) is 8.54. The van der Waals surface area contributed by atoms with Gasteiger partial charge in [-0.3, -0.25) is 0 Å². The fraction of sp³-hybridized carbons (Fsp3) is 1.00. The first-order valence-electron chi connectivity index (χ1n) is 6.92. The Balaban J connectivity index is 2.18. The van der Waals surface area contributed by atoms with Crippen molar-refractivity contribution >= 4 is 0 Å². The predicted octanol–water partition coefficient (Wildman–Crippen LogP) is 1.77. The normalized spacial score (nSPS) is 32.4. The van der Waals surface area contributed by atoms with E-state index in [-0.39, 0.29) is 12.0 Å². The van der Waals surface area contributed by atoms with Crippen LogP contribution in [0.5, 0.6) is 0 Å². The van der Waals surface area contributed by atoms with Gasteiger partial charge < -0.3 is 19.8 Å². The van der Waals surface area contributed by atoms with Crippen LogP contribution < -0.4 is 0 Å². The maximum absolute atomic E-state index is 10.3. The summed E-state index contributed by atoms with van der Waals surface area (Å²) in [5, 5.41) is 21.1. The maximum Gasteiger partial charge on any atom is 0.171 e. The molecule has 2 aliphatic rings. The largest absolute Gasteiger partial charge is 0.396 e. The number of hydrogen-bond donors (Lipinski definition) is 2. The lowest BCUT2D eigenvalue weighted by molar-refractivity contribution is -0.373. The Kier molecular flexibility index (Phi) is 3.52. The Labute approximate surface area is 115 Å². The predicted molar refractivity (Wildman–Crippen MR) is 70.8 cm³/mol. The molecule has 0 bridgehead atoms. The minimum absolute atomic E-state index is 0.0575. The monoisotopic (exact) mass is 273 g/mol. The van der Waals surface area contributed by atoms with Crippen molar-refractivity contribution in [2.24, 2.45) is 5.41 Å². The fourth-order valence-electron chi connectivity index (χ4n) is 3.34. The molecule has 0 atom stereocenters. The van der Waals surface area contributed by atoms with Gasteiger partial charge in [-0.25, -0.2) is 0 Å². The highest BCUT2D eigenvalue weighted by Crippen LogP contribution is 2.47. The van der Waals surface area contributed by atoms with Crippen molar-refractivity contribution < 1.29 is 19.8 Å². The highest BCUT2D eigenvalue weighted by Gasteiger charge is 2.56.